The minimum Gasteiger partial charge on any atom is -0.368 e. The lowest BCUT2D eigenvalue weighted by molar-refractivity contribution is 0.0738. The maximum absolute atomic E-state index is 13.9. The van der Waals surface area contributed by atoms with Crippen molar-refractivity contribution in [1.29, 1.82) is 0 Å². The topological polar surface area (TPSA) is 28.5 Å². The van der Waals surface area contributed by atoms with Gasteiger partial charge in [0.1, 0.15) is 5.69 Å². The maximum Gasteiger partial charge on any atom is 0.271 e. The smallest absolute Gasteiger partial charge is 0.271 e. The fourth-order valence-electron chi connectivity index (χ4n) is 4.86. The van der Waals surface area contributed by atoms with Gasteiger partial charge in [0.05, 0.1) is 0 Å². The van der Waals surface area contributed by atoms with Crippen molar-refractivity contribution in [3.8, 4) is 11.1 Å². The summed E-state index contributed by atoms with van der Waals surface area (Å²) in [5.74, 6) is 0.0624. The van der Waals surface area contributed by atoms with E-state index in [-0.39, 0.29) is 5.91 Å². The Morgan fingerprint density at radius 1 is 0.882 bits per heavy atom. The number of aryl methyl sites for hydroxylation is 2. The Kier molecular flexibility index (Phi) is 6.28. The van der Waals surface area contributed by atoms with Crippen LogP contribution in [0.25, 0.3) is 22.0 Å². The number of carbonyl (C=O) groups excluding carboxylic acids is 1. The van der Waals surface area contributed by atoms with Crippen LogP contribution in [0, 0.1) is 0 Å². The molecule has 0 unspecified atom stereocenters. The Hall–Kier alpha value is -2.95. The van der Waals surface area contributed by atoms with Crippen molar-refractivity contribution < 1.29 is 4.79 Å². The molecule has 1 aliphatic rings. The maximum atomic E-state index is 13.9. The van der Waals surface area contributed by atoms with Crippen LogP contribution >= 0.6 is 23.2 Å². The van der Waals surface area contributed by atoms with Gasteiger partial charge in [0.15, 0.2) is 0 Å². The molecule has 6 heteroatoms. The van der Waals surface area contributed by atoms with E-state index in [1.807, 2.05) is 59.0 Å². The monoisotopic (exact) mass is 491 g/mol. The molecular formula is C28H27Cl2N3O. The van der Waals surface area contributed by atoms with Crippen LogP contribution in [-0.2, 0) is 13.5 Å². The summed E-state index contributed by atoms with van der Waals surface area (Å²) in [6.45, 7) is 5.01. The standard InChI is InChI=1S/C28H27Cl2N3O/c1-3-19-7-12-25-24(17-19)26(20-8-10-21(29)11-9-20)27(31(25)2)28(34)33-15-13-32(14-16-33)23-6-4-5-22(30)18-23/h4-12,17-18H,3,13-16H2,1-2H3. The van der Waals surface area contributed by atoms with Crippen LogP contribution in [0.4, 0.5) is 5.69 Å². The van der Waals surface area contributed by atoms with Gasteiger partial charge in [-0.2, -0.15) is 0 Å². The van der Waals surface area contributed by atoms with Gasteiger partial charge in [0, 0.05) is 65.4 Å². The van der Waals surface area contributed by atoms with Gasteiger partial charge in [-0.15, -0.1) is 0 Å². The minimum atomic E-state index is 0.0624. The van der Waals surface area contributed by atoms with Gasteiger partial charge in [-0.1, -0.05) is 54.4 Å². The zero-order valence-electron chi connectivity index (χ0n) is 19.4. The predicted octanol–water partition coefficient (Wildman–Crippen LogP) is 6.68. The summed E-state index contributed by atoms with van der Waals surface area (Å²) in [6, 6.07) is 22.2. The number of benzene rings is 3. The number of nitrogens with zero attached hydrogens (tertiary/aromatic N) is 3. The summed E-state index contributed by atoms with van der Waals surface area (Å²) >= 11 is 12.4. The highest BCUT2D eigenvalue weighted by atomic mass is 35.5. The molecular weight excluding hydrogens is 465 g/mol. The molecule has 3 aromatic carbocycles. The number of carbonyl (C=O) groups is 1. The minimum absolute atomic E-state index is 0.0624. The number of aromatic nitrogens is 1. The lowest BCUT2D eigenvalue weighted by atomic mass is 9.99. The highest BCUT2D eigenvalue weighted by molar-refractivity contribution is 6.31. The van der Waals surface area contributed by atoms with Crippen LogP contribution in [0.3, 0.4) is 0 Å². The zero-order chi connectivity index (χ0) is 23.8. The average molecular weight is 492 g/mol. The van der Waals surface area contributed by atoms with Gasteiger partial charge >= 0.3 is 0 Å². The van der Waals surface area contributed by atoms with Gasteiger partial charge in [0.2, 0.25) is 0 Å². The first-order valence-electron chi connectivity index (χ1n) is 11.6. The van der Waals surface area contributed by atoms with Crippen LogP contribution in [0.5, 0.6) is 0 Å². The van der Waals surface area contributed by atoms with E-state index in [0.29, 0.717) is 18.1 Å². The fourth-order valence-corrected chi connectivity index (χ4v) is 5.17. The molecule has 0 aliphatic carbocycles. The summed E-state index contributed by atoms with van der Waals surface area (Å²) in [6.07, 6.45) is 0.944. The number of amides is 1. The third kappa shape index (κ3) is 4.17. The van der Waals surface area contributed by atoms with Gasteiger partial charge in [-0.05, 0) is 60.0 Å². The SMILES string of the molecule is CCc1ccc2c(c1)c(-c1ccc(Cl)cc1)c(C(=O)N1CCN(c3cccc(Cl)c3)CC1)n2C. The highest BCUT2D eigenvalue weighted by Crippen LogP contribution is 2.36. The van der Waals surface area contributed by atoms with Crippen molar-refractivity contribution >= 4 is 45.7 Å². The average Bonchev–Trinajstić information content (AvgIpc) is 3.15. The quantitative estimate of drug-likeness (QED) is 0.318. The molecule has 1 saturated heterocycles. The summed E-state index contributed by atoms with van der Waals surface area (Å²) in [5, 5.41) is 2.51. The highest BCUT2D eigenvalue weighted by Gasteiger charge is 2.29. The molecule has 2 heterocycles. The molecule has 4 nitrogen and oxygen atoms in total. The van der Waals surface area contributed by atoms with E-state index < -0.39 is 0 Å². The van der Waals surface area contributed by atoms with Crippen molar-refractivity contribution in [2.24, 2.45) is 7.05 Å². The molecule has 1 aliphatic heterocycles. The van der Waals surface area contributed by atoms with Crippen molar-refractivity contribution in [2.45, 2.75) is 13.3 Å². The summed E-state index contributed by atoms with van der Waals surface area (Å²) in [4.78, 5) is 18.2. The van der Waals surface area contributed by atoms with Gasteiger partial charge in [-0.3, -0.25) is 4.79 Å². The summed E-state index contributed by atoms with van der Waals surface area (Å²) in [7, 11) is 1.99. The Morgan fingerprint density at radius 2 is 1.62 bits per heavy atom. The van der Waals surface area contributed by atoms with E-state index in [0.717, 1.165) is 57.9 Å². The van der Waals surface area contributed by atoms with Crippen LogP contribution < -0.4 is 4.90 Å². The number of anilines is 1. The van der Waals surface area contributed by atoms with Gasteiger partial charge in [0.25, 0.3) is 5.91 Å². The normalized spacial score (nSPS) is 14.1. The van der Waals surface area contributed by atoms with E-state index in [9.17, 15) is 4.79 Å². The molecule has 174 valence electrons. The van der Waals surface area contributed by atoms with Crippen LogP contribution in [-0.4, -0.2) is 41.6 Å². The summed E-state index contributed by atoms with van der Waals surface area (Å²) in [5.41, 5.74) is 6.11. The molecule has 1 amide bonds. The van der Waals surface area contributed by atoms with Crippen LogP contribution in [0.1, 0.15) is 23.0 Å². The van der Waals surface area contributed by atoms with E-state index in [4.69, 9.17) is 23.2 Å². The summed E-state index contributed by atoms with van der Waals surface area (Å²) < 4.78 is 2.05. The number of rotatable bonds is 4. The number of fused-ring (bicyclic) bond motifs is 1. The Balaban J connectivity index is 1.51. The molecule has 0 N–H and O–H groups in total. The van der Waals surface area contributed by atoms with E-state index in [1.54, 1.807) is 0 Å². The first-order chi connectivity index (χ1) is 16.5. The molecule has 4 aromatic rings. The Bertz CT molecular complexity index is 1350. The molecule has 1 aromatic heterocycles. The van der Waals surface area contributed by atoms with E-state index in [2.05, 4.69) is 36.1 Å². The Morgan fingerprint density at radius 3 is 2.29 bits per heavy atom. The molecule has 0 saturated carbocycles. The number of hydrogen-bond acceptors (Lipinski definition) is 2. The van der Waals surface area contributed by atoms with Gasteiger partial charge in [-0.25, -0.2) is 0 Å². The Labute approximate surface area is 210 Å². The second kappa shape index (κ2) is 9.36. The number of piperazine rings is 1. The van der Waals surface area contributed by atoms with Crippen LogP contribution in [0.2, 0.25) is 10.0 Å². The lowest BCUT2D eigenvalue weighted by Crippen LogP contribution is -2.49. The molecule has 34 heavy (non-hydrogen) atoms. The molecule has 0 radical (unpaired) electrons. The van der Waals surface area contributed by atoms with Crippen molar-refractivity contribution in [3.63, 3.8) is 0 Å². The number of halogens is 2. The van der Waals surface area contributed by atoms with Crippen molar-refractivity contribution in [1.82, 2.24) is 9.47 Å². The molecule has 1 fully saturated rings. The molecule has 0 bridgehead atoms. The largest absolute Gasteiger partial charge is 0.368 e. The molecule has 0 spiro atoms. The third-order valence-corrected chi connectivity index (χ3v) is 7.23. The first kappa shape index (κ1) is 22.8. The zero-order valence-corrected chi connectivity index (χ0v) is 20.9. The van der Waals surface area contributed by atoms with Crippen molar-refractivity contribution in [2.75, 3.05) is 31.1 Å². The lowest BCUT2D eigenvalue weighted by Gasteiger charge is -2.36. The first-order valence-corrected chi connectivity index (χ1v) is 12.4. The second-order valence-corrected chi connectivity index (χ2v) is 9.63. The predicted molar refractivity (Wildman–Crippen MR) is 142 cm³/mol. The third-order valence-electron chi connectivity index (χ3n) is 6.75. The van der Waals surface area contributed by atoms with Crippen molar-refractivity contribution in [3.05, 3.63) is 88.0 Å². The van der Waals surface area contributed by atoms with Gasteiger partial charge < -0.3 is 14.4 Å². The van der Waals surface area contributed by atoms with E-state index in [1.165, 1.54) is 5.56 Å². The number of hydrogen-bond donors (Lipinski definition) is 0. The molecule has 5 rings (SSSR count). The fraction of sp³-hybridized carbons (Fsp3) is 0.250. The van der Waals surface area contributed by atoms with E-state index >= 15 is 0 Å². The molecule has 0 atom stereocenters. The second-order valence-electron chi connectivity index (χ2n) is 8.75. The van der Waals surface area contributed by atoms with Crippen LogP contribution in [0.15, 0.2) is 66.7 Å².